The van der Waals surface area contributed by atoms with Gasteiger partial charge in [-0.2, -0.15) is 0 Å². The largest absolute Gasteiger partial charge is 0.384 e. The fraction of sp³-hybridized carbons (Fsp3) is 0.562. The molecule has 0 unspecified atom stereocenters. The van der Waals surface area contributed by atoms with Crippen LogP contribution in [0.15, 0.2) is 24.3 Å². The number of amides is 1. The summed E-state index contributed by atoms with van der Waals surface area (Å²) in [6, 6.07) is 7.89. The molecule has 0 atom stereocenters. The molecular weight excluding hydrogens is 252 g/mol. The second-order valence-corrected chi connectivity index (χ2v) is 5.55. The monoisotopic (exact) mass is 276 g/mol. The summed E-state index contributed by atoms with van der Waals surface area (Å²) in [5.74, 6) is 0.0716. The Hall–Kier alpha value is -1.39. The van der Waals surface area contributed by atoms with Crippen molar-refractivity contribution < 1.29 is 9.53 Å². The Kier molecular flexibility index (Phi) is 5.15. The van der Waals surface area contributed by atoms with Crippen LogP contribution >= 0.6 is 0 Å². The Labute approximate surface area is 120 Å². The lowest BCUT2D eigenvalue weighted by atomic mass is 9.85. The molecule has 4 nitrogen and oxygen atoms in total. The highest BCUT2D eigenvalue weighted by Crippen LogP contribution is 2.38. The molecule has 20 heavy (non-hydrogen) atoms. The van der Waals surface area contributed by atoms with Crippen molar-refractivity contribution in [3.63, 3.8) is 0 Å². The molecule has 1 aliphatic rings. The minimum absolute atomic E-state index is 0.0716. The summed E-state index contributed by atoms with van der Waals surface area (Å²) in [4.78, 5) is 12.6. The van der Waals surface area contributed by atoms with Crippen LogP contribution in [0.3, 0.4) is 0 Å². The predicted octanol–water partition coefficient (Wildman–Crippen LogP) is 2.33. The normalized spacial score (nSPS) is 17.1. The lowest BCUT2D eigenvalue weighted by Crippen LogP contribution is -2.40. The molecule has 3 N–H and O–H groups in total. The van der Waals surface area contributed by atoms with Crippen LogP contribution in [0.4, 0.5) is 5.69 Å². The van der Waals surface area contributed by atoms with Crippen molar-refractivity contribution >= 4 is 11.6 Å². The van der Waals surface area contributed by atoms with Gasteiger partial charge in [0.1, 0.15) is 0 Å². The van der Waals surface area contributed by atoms with E-state index in [2.05, 4.69) is 5.32 Å². The minimum atomic E-state index is -0.367. The van der Waals surface area contributed by atoms with Gasteiger partial charge in [0.2, 0.25) is 5.91 Å². The Morgan fingerprint density at radius 3 is 2.70 bits per heavy atom. The molecule has 1 aromatic rings. The molecular formula is C16H24N2O2. The number of carbonyl (C=O) groups excluding carboxylic acids is 1. The summed E-state index contributed by atoms with van der Waals surface area (Å²) in [7, 11) is 1.68. The second-order valence-electron chi connectivity index (χ2n) is 5.55. The van der Waals surface area contributed by atoms with Gasteiger partial charge in [-0.25, -0.2) is 0 Å². The van der Waals surface area contributed by atoms with Gasteiger partial charge in [0, 0.05) is 19.3 Å². The van der Waals surface area contributed by atoms with Crippen molar-refractivity contribution in [1.29, 1.82) is 0 Å². The number of para-hydroxylation sites is 1. The summed E-state index contributed by atoms with van der Waals surface area (Å²) in [5.41, 5.74) is 7.48. The molecule has 0 bridgehead atoms. The van der Waals surface area contributed by atoms with Crippen LogP contribution in [-0.2, 0) is 16.0 Å². The molecule has 0 aromatic heterocycles. The zero-order valence-electron chi connectivity index (χ0n) is 12.2. The van der Waals surface area contributed by atoms with Gasteiger partial charge >= 0.3 is 0 Å². The number of hydrogen-bond acceptors (Lipinski definition) is 3. The SMILES string of the molecule is COCCc1ccccc1NC(=O)C1(CN)CCCC1. The van der Waals surface area contributed by atoms with Crippen molar-refractivity contribution in [3.8, 4) is 0 Å². The van der Waals surface area contributed by atoms with E-state index in [-0.39, 0.29) is 11.3 Å². The third kappa shape index (κ3) is 3.19. The number of benzene rings is 1. The first-order valence-corrected chi connectivity index (χ1v) is 7.30. The van der Waals surface area contributed by atoms with E-state index in [0.29, 0.717) is 13.2 Å². The average Bonchev–Trinajstić information content (AvgIpc) is 2.96. The van der Waals surface area contributed by atoms with E-state index < -0.39 is 0 Å². The molecule has 0 radical (unpaired) electrons. The van der Waals surface area contributed by atoms with Crippen LogP contribution in [0, 0.1) is 5.41 Å². The smallest absolute Gasteiger partial charge is 0.231 e. The van der Waals surface area contributed by atoms with Gasteiger partial charge in [-0.1, -0.05) is 31.0 Å². The maximum atomic E-state index is 12.6. The lowest BCUT2D eigenvalue weighted by Gasteiger charge is -2.26. The first-order chi connectivity index (χ1) is 9.72. The lowest BCUT2D eigenvalue weighted by molar-refractivity contribution is -0.124. The van der Waals surface area contributed by atoms with Gasteiger partial charge in [-0.05, 0) is 30.9 Å². The topological polar surface area (TPSA) is 64.3 Å². The quantitative estimate of drug-likeness (QED) is 0.838. The maximum absolute atomic E-state index is 12.6. The first-order valence-electron chi connectivity index (χ1n) is 7.30. The van der Waals surface area contributed by atoms with Gasteiger partial charge in [0.25, 0.3) is 0 Å². The van der Waals surface area contributed by atoms with Gasteiger partial charge in [-0.3, -0.25) is 4.79 Å². The first kappa shape index (κ1) is 15.0. The van der Waals surface area contributed by atoms with E-state index in [1.165, 1.54) is 0 Å². The van der Waals surface area contributed by atoms with Gasteiger partial charge < -0.3 is 15.8 Å². The fourth-order valence-corrected chi connectivity index (χ4v) is 2.90. The molecule has 110 valence electrons. The van der Waals surface area contributed by atoms with Crippen molar-refractivity contribution in [3.05, 3.63) is 29.8 Å². The van der Waals surface area contributed by atoms with E-state index in [1.54, 1.807) is 7.11 Å². The van der Waals surface area contributed by atoms with E-state index in [4.69, 9.17) is 10.5 Å². The standard InChI is InChI=1S/C16H24N2O2/c1-20-11-8-13-6-2-3-7-14(13)18-15(19)16(12-17)9-4-5-10-16/h2-3,6-7H,4-5,8-12,17H2,1H3,(H,18,19). The maximum Gasteiger partial charge on any atom is 0.231 e. The summed E-state index contributed by atoms with van der Waals surface area (Å²) in [5, 5.41) is 3.08. The summed E-state index contributed by atoms with van der Waals surface area (Å²) < 4.78 is 5.11. The summed E-state index contributed by atoms with van der Waals surface area (Å²) in [6.07, 6.45) is 4.78. The second kappa shape index (κ2) is 6.86. The van der Waals surface area contributed by atoms with Crippen LogP contribution in [0.25, 0.3) is 0 Å². The van der Waals surface area contributed by atoms with E-state index in [9.17, 15) is 4.79 Å². The van der Waals surface area contributed by atoms with Crippen LogP contribution in [0.2, 0.25) is 0 Å². The van der Waals surface area contributed by atoms with E-state index >= 15 is 0 Å². The molecule has 0 aliphatic heterocycles. The number of methoxy groups -OCH3 is 1. The molecule has 1 saturated carbocycles. The van der Waals surface area contributed by atoms with Gasteiger partial charge in [0.15, 0.2) is 0 Å². The number of ether oxygens (including phenoxy) is 1. The highest BCUT2D eigenvalue weighted by Gasteiger charge is 2.39. The highest BCUT2D eigenvalue weighted by molar-refractivity contribution is 5.96. The Morgan fingerprint density at radius 2 is 2.05 bits per heavy atom. The number of rotatable bonds is 6. The number of hydrogen-bond donors (Lipinski definition) is 2. The van der Waals surface area contributed by atoms with Crippen LogP contribution in [-0.4, -0.2) is 26.2 Å². The zero-order chi connectivity index (χ0) is 14.4. The van der Waals surface area contributed by atoms with Gasteiger partial charge in [-0.15, -0.1) is 0 Å². The number of nitrogens with one attached hydrogen (secondary N) is 1. The van der Waals surface area contributed by atoms with Crippen molar-refractivity contribution in [2.24, 2.45) is 11.1 Å². The molecule has 0 heterocycles. The molecule has 1 aliphatic carbocycles. The molecule has 0 spiro atoms. The van der Waals surface area contributed by atoms with Crippen LogP contribution < -0.4 is 11.1 Å². The summed E-state index contributed by atoms with van der Waals surface area (Å²) in [6.45, 7) is 1.08. The number of nitrogens with two attached hydrogens (primary N) is 1. The van der Waals surface area contributed by atoms with Crippen molar-refractivity contribution in [2.45, 2.75) is 32.1 Å². The van der Waals surface area contributed by atoms with E-state index in [1.807, 2.05) is 24.3 Å². The van der Waals surface area contributed by atoms with Crippen molar-refractivity contribution in [2.75, 3.05) is 25.6 Å². The molecule has 1 aromatic carbocycles. The highest BCUT2D eigenvalue weighted by atomic mass is 16.5. The Balaban J connectivity index is 2.11. The Bertz CT molecular complexity index is 454. The Morgan fingerprint density at radius 1 is 1.35 bits per heavy atom. The molecule has 0 saturated heterocycles. The average molecular weight is 276 g/mol. The molecule has 1 amide bonds. The fourth-order valence-electron chi connectivity index (χ4n) is 2.90. The molecule has 4 heteroatoms. The molecule has 1 fully saturated rings. The third-order valence-electron chi connectivity index (χ3n) is 4.27. The van der Waals surface area contributed by atoms with Crippen molar-refractivity contribution in [1.82, 2.24) is 0 Å². The van der Waals surface area contributed by atoms with Crippen LogP contribution in [0.1, 0.15) is 31.2 Å². The summed E-state index contributed by atoms with van der Waals surface area (Å²) >= 11 is 0. The zero-order valence-corrected chi connectivity index (χ0v) is 12.2. The van der Waals surface area contributed by atoms with E-state index in [0.717, 1.165) is 43.4 Å². The molecule has 2 rings (SSSR count). The third-order valence-corrected chi connectivity index (χ3v) is 4.27. The number of carbonyl (C=O) groups is 1. The van der Waals surface area contributed by atoms with Crippen LogP contribution in [0.5, 0.6) is 0 Å². The predicted molar refractivity (Wildman–Crippen MR) is 80.6 cm³/mol. The minimum Gasteiger partial charge on any atom is -0.384 e. The van der Waals surface area contributed by atoms with Gasteiger partial charge in [0.05, 0.1) is 12.0 Å². The number of anilines is 1.